The highest BCUT2D eigenvalue weighted by Crippen LogP contribution is 2.03. The Morgan fingerprint density at radius 2 is 2.06 bits per heavy atom. The lowest BCUT2D eigenvalue weighted by atomic mass is 10.3. The average Bonchev–Trinajstić information content (AvgIpc) is 2.30. The molecule has 88 valence electrons. The molecule has 16 heavy (non-hydrogen) atoms. The van der Waals surface area contributed by atoms with E-state index < -0.39 is 0 Å². The van der Waals surface area contributed by atoms with Crippen LogP contribution in [0, 0.1) is 0 Å². The first-order valence-corrected chi connectivity index (χ1v) is 5.77. The van der Waals surface area contributed by atoms with Crippen molar-refractivity contribution in [3.05, 3.63) is 30.3 Å². The van der Waals surface area contributed by atoms with E-state index in [1.54, 1.807) is 0 Å². The smallest absolute Gasteiger partial charge is 0.238 e. The Hall–Kier alpha value is -1.04. The van der Waals surface area contributed by atoms with Gasteiger partial charge in [-0.1, -0.05) is 18.2 Å². The second-order valence-electron chi connectivity index (χ2n) is 3.49. The number of carbonyl (C=O) groups is 1. The van der Waals surface area contributed by atoms with Gasteiger partial charge in [-0.05, 0) is 12.1 Å². The molecule has 4 nitrogen and oxygen atoms in total. The summed E-state index contributed by atoms with van der Waals surface area (Å²) in [6.45, 7) is 0.849. The highest BCUT2D eigenvalue weighted by molar-refractivity contribution is 7.80. The molecule has 0 heterocycles. The Morgan fingerprint density at radius 3 is 2.69 bits per heavy atom. The highest BCUT2D eigenvalue weighted by atomic mass is 32.1. The Bertz CT molecular complexity index is 318. The van der Waals surface area contributed by atoms with Gasteiger partial charge < -0.3 is 16.4 Å². The molecule has 1 unspecified atom stereocenters. The molecule has 0 aliphatic carbocycles. The Balaban J connectivity index is 2.21. The van der Waals surface area contributed by atoms with Crippen LogP contribution in [0.1, 0.15) is 0 Å². The van der Waals surface area contributed by atoms with Crippen LogP contribution in [0.5, 0.6) is 0 Å². The molecular formula is C11H17N3OS. The maximum atomic E-state index is 11.4. The molecule has 0 saturated heterocycles. The maximum absolute atomic E-state index is 11.4. The standard InChI is InChI=1S/C11H17N3OS/c12-9(8-16)6-13-7-11(15)14-10-4-2-1-3-5-10/h1-5,9,13,16H,6-8,12H2,(H,14,15). The van der Waals surface area contributed by atoms with Gasteiger partial charge in [-0.15, -0.1) is 0 Å². The zero-order valence-corrected chi connectivity index (χ0v) is 9.91. The predicted octanol–water partition coefficient (Wildman–Crippen LogP) is 0.472. The number of carbonyl (C=O) groups excluding carboxylic acids is 1. The Kier molecular flexibility index (Phi) is 5.92. The van der Waals surface area contributed by atoms with Crippen LogP contribution in [0.3, 0.4) is 0 Å². The van der Waals surface area contributed by atoms with Crippen LogP contribution in [0.2, 0.25) is 0 Å². The number of para-hydroxylation sites is 1. The molecule has 0 saturated carbocycles. The van der Waals surface area contributed by atoms with E-state index in [9.17, 15) is 4.79 Å². The lowest BCUT2D eigenvalue weighted by Crippen LogP contribution is -2.38. The second-order valence-corrected chi connectivity index (χ2v) is 3.85. The predicted molar refractivity (Wildman–Crippen MR) is 69.8 cm³/mol. The number of benzene rings is 1. The first-order valence-electron chi connectivity index (χ1n) is 5.14. The molecule has 0 aliphatic heterocycles. The number of nitrogens with two attached hydrogens (primary N) is 1. The summed E-state index contributed by atoms with van der Waals surface area (Å²) in [7, 11) is 0. The first kappa shape index (κ1) is 13.0. The third-order valence-electron chi connectivity index (χ3n) is 1.98. The van der Waals surface area contributed by atoms with Crippen LogP contribution in [0.15, 0.2) is 30.3 Å². The van der Waals surface area contributed by atoms with Crippen molar-refractivity contribution in [3.63, 3.8) is 0 Å². The van der Waals surface area contributed by atoms with Gasteiger partial charge in [0.25, 0.3) is 0 Å². The summed E-state index contributed by atoms with van der Waals surface area (Å²) >= 11 is 4.05. The monoisotopic (exact) mass is 239 g/mol. The number of thiol groups is 1. The molecule has 1 aromatic rings. The lowest BCUT2D eigenvalue weighted by molar-refractivity contribution is -0.115. The van der Waals surface area contributed by atoms with Crippen LogP contribution >= 0.6 is 12.6 Å². The lowest BCUT2D eigenvalue weighted by Gasteiger charge is -2.10. The van der Waals surface area contributed by atoms with Gasteiger partial charge in [0.15, 0.2) is 0 Å². The summed E-state index contributed by atoms with van der Waals surface area (Å²) in [5, 5.41) is 5.74. The minimum atomic E-state index is -0.0717. The number of rotatable bonds is 6. The van der Waals surface area contributed by atoms with Crippen molar-refractivity contribution in [2.45, 2.75) is 6.04 Å². The van der Waals surface area contributed by atoms with Crippen LogP contribution in [0.4, 0.5) is 5.69 Å². The first-order chi connectivity index (χ1) is 7.72. The molecule has 0 radical (unpaired) electrons. The number of anilines is 1. The molecule has 0 aliphatic rings. The largest absolute Gasteiger partial charge is 0.326 e. The topological polar surface area (TPSA) is 67.1 Å². The number of amides is 1. The van der Waals surface area contributed by atoms with E-state index in [1.165, 1.54) is 0 Å². The Morgan fingerprint density at radius 1 is 1.38 bits per heavy atom. The van der Waals surface area contributed by atoms with Crippen molar-refractivity contribution >= 4 is 24.2 Å². The van der Waals surface area contributed by atoms with Crippen LogP contribution < -0.4 is 16.4 Å². The van der Waals surface area contributed by atoms with Gasteiger partial charge in [-0.2, -0.15) is 12.6 Å². The van der Waals surface area contributed by atoms with Gasteiger partial charge in [0.1, 0.15) is 0 Å². The summed E-state index contributed by atoms with van der Waals surface area (Å²) in [6, 6.07) is 9.32. The van der Waals surface area contributed by atoms with Gasteiger partial charge in [0.2, 0.25) is 5.91 Å². The fourth-order valence-corrected chi connectivity index (χ4v) is 1.29. The van der Waals surface area contributed by atoms with E-state index >= 15 is 0 Å². The molecule has 1 atom stereocenters. The van der Waals surface area contributed by atoms with Gasteiger partial charge in [-0.3, -0.25) is 4.79 Å². The molecule has 0 fully saturated rings. The van der Waals surface area contributed by atoms with Gasteiger partial charge in [-0.25, -0.2) is 0 Å². The zero-order chi connectivity index (χ0) is 11.8. The summed E-state index contributed by atoms with van der Waals surface area (Å²) < 4.78 is 0. The third kappa shape index (κ3) is 5.16. The number of nitrogens with one attached hydrogen (secondary N) is 2. The van der Waals surface area contributed by atoms with Crippen molar-refractivity contribution in [2.75, 3.05) is 24.2 Å². The summed E-state index contributed by atoms with van der Waals surface area (Å²) in [6.07, 6.45) is 0. The number of hydrogen-bond acceptors (Lipinski definition) is 4. The van der Waals surface area contributed by atoms with Crippen LogP contribution in [-0.4, -0.2) is 30.8 Å². The van der Waals surface area contributed by atoms with Gasteiger partial charge in [0, 0.05) is 24.0 Å². The maximum Gasteiger partial charge on any atom is 0.238 e. The van der Waals surface area contributed by atoms with Gasteiger partial charge >= 0.3 is 0 Å². The molecule has 0 spiro atoms. The van der Waals surface area contributed by atoms with Gasteiger partial charge in [0.05, 0.1) is 6.54 Å². The van der Waals surface area contributed by atoms with Crippen molar-refractivity contribution in [1.82, 2.24) is 5.32 Å². The number of hydrogen-bond donors (Lipinski definition) is 4. The fourth-order valence-electron chi connectivity index (χ4n) is 1.16. The van der Waals surface area contributed by atoms with Crippen molar-refractivity contribution in [3.8, 4) is 0 Å². The normalized spacial score (nSPS) is 12.1. The fraction of sp³-hybridized carbons (Fsp3) is 0.364. The zero-order valence-electron chi connectivity index (χ0n) is 9.02. The van der Waals surface area contributed by atoms with Crippen LogP contribution in [-0.2, 0) is 4.79 Å². The molecule has 1 rings (SSSR count). The Labute approximate surface area is 101 Å². The molecule has 0 aromatic heterocycles. The molecule has 5 heteroatoms. The molecule has 0 bridgehead atoms. The quantitative estimate of drug-likeness (QED) is 0.546. The summed E-state index contributed by atoms with van der Waals surface area (Å²) in [4.78, 5) is 11.4. The minimum absolute atomic E-state index is 0.0205. The minimum Gasteiger partial charge on any atom is -0.326 e. The van der Waals surface area contributed by atoms with Crippen molar-refractivity contribution in [1.29, 1.82) is 0 Å². The van der Waals surface area contributed by atoms with Crippen LogP contribution in [0.25, 0.3) is 0 Å². The molecule has 4 N–H and O–H groups in total. The van der Waals surface area contributed by atoms with E-state index in [1.807, 2.05) is 30.3 Å². The molecule has 1 aromatic carbocycles. The van der Waals surface area contributed by atoms with E-state index in [4.69, 9.17) is 5.73 Å². The molecular weight excluding hydrogens is 222 g/mol. The van der Waals surface area contributed by atoms with Crippen molar-refractivity contribution < 1.29 is 4.79 Å². The van der Waals surface area contributed by atoms with Crippen molar-refractivity contribution in [2.24, 2.45) is 5.73 Å². The summed E-state index contributed by atoms with van der Waals surface area (Å²) in [5.41, 5.74) is 6.44. The van der Waals surface area contributed by atoms with E-state index in [0.29, 0.717) is 12.3 Å². The third-order valence-corrected chi connectivity index (χ3v) is 2.45. The average molecular weight is 239 g/mol. The van der Waals surface area contributed by atoms with E-state index in [-0.39, 0.29) is 18.5 Å². The summed E-state index contributed by atoms with van der Waals surface area (Å²) in [5.74, 6) is 0.533. The van der Waals surface area contributed by atoms with E-state index in [2.05, 4.69) is 23.3 Å². The molecule has 1 amide bonds. The highest BCUT2D eigenvalue weighted by Gasteiger charge is 2.03. The van der Waals surface area contributed by atoms with E-state index in [0.717, 1.165) is 5.69 Å². The SMILES string of the molecule is NC(CS)CNCC(=O)Nc1ccccc1. The second kappa shape index (κ2) is 7.27.